The second kappa shape index (κ2) is 14.7. The van der Waals surface area contributed by atoms with Crippen LogP contribution in [0.2, 0.25) is 0 Å². The average Bonchev–Trinajstić information content (AvgIpc) is 2.74. The number of carbonyl (C=O) groups excluding carboxylic acids is 1. The smallest absolute Gasteiger partial charge is 0.225 e. The van der Waals surface area contributed by atoms with Gasteiger partial charge in [0.25, 0.3) is 0 Å². The number of guanidine groups is 1. The van der Waals surface area contributed by atoms with Gasteiger partial charge in [0.2, 0.25) is 5.91 Å². The molecule has 0 bridgehead atoms. The Morgan fingerprint density at radius 1 is 1.25 bits per heavy atom. The van der Waals surface area contributed by atoms with E-state index in [0.717, 1.165) is 62.9 Å². The van der Waals surface area contributed by atoms with Crippen LogP contribution in [-0.2, 0) is 16.1 Å². The van der Waals surface area contributed by atoms with Crippen molar-refractivity contribution in [1.29, 1.82) is 0 Å². The highest BCUT2D eigenvalue weighted by atomic mass is 127. The molecule has 1 aliphatic rings. The minimum atomic E-state index is 0. The van der Waals surface area contributed by atoms with E-state index in [1.165, 1.54) is 0 Å². The fourth-order valence-electron chi connectivity index (χ4n) is 3.40. The number of nitrogens with zero attached hydrogens (tertiary/aromatic N) is 2. The molecule has 1 heterocycles. The summed E-state index contributed by atoms with van der Waals surface area (Å²) < 4.78 is 5.35. The molecule has 1 unspecified atom stereocenters. The molecule has 32 heavy (non-hydrogen) atoms. The Bertz CT molecular complexity index is 715. The Balaban J connectivity index is 0.00000512. The number of hydrogen-bond acceptors (Lipinski definition) is 4. The second-order valence-corrected chi connectivity index (χ2v) is 9.52. The van der Waals surface area contributed by atoms with Crippen LogP contribution in [0, 0.1) is 5.41 Å². The summed E-state index contributed by atoms with van der Waals surface area (Å²) in [5.41, 5.74) is 2.25. The quantitative estimate of drug-likeness (QED) is 0.244. The SMILES string of the molecule is CN=C(NCc1cccc(NC(=O)CCN2CCOCC2)c1)NC(C)CCC(C)(C)C.I. The normalized spacial score (nSPS) is 16.1. The molecule has 1 saturated heterocycles. The predicted molar refractivity (Wildman–Crippen MR) is 144 cm³/mol. The van der Waals surface area contributed by atoms with Crippen LogP contribution in [0.15, 0.2) is 29.3 Å². The van der Waals surface area contributed by atoms with Crippen molar-refractivity contribution in [3.63, 3.8) is 0 Å². The standard InChI is InChI=1S/C24H41N5O2.HI/c1-19(9-11-24(2,3)4)27-23(25-5)26-18-20-7-6-8-21(17-20)28-22(30)10-12-29-13-15-31-16-14-29;/h6-8,17,19H,9-16,18H2,1-5H3,(H,28,30)(H2,25,26,27);1H. The number of nitrogens with one attached hydrogen (secondary N) is 3. The molecule has 8 heteroatoms. The van der Waals surface area contributed by atoms with E-state index in [-0.39, 0.29) is 29.9 Å². The number of rotatable bonds is 9. The van der Waals surface area contributed by atoms with E-state index < -0.39 is 0 Å². The van der Waals surface area contributed by atoms with Crippen molar-refractivity contribution < 1.29 is 9.53 Å². The van der Waals surface area contributed by atoms with E-state index in [9.17, 15) is 4.79 Å². The first-order chi connectivity index (χ1) is 14.7. The Kier molecular flexibility index (Phi) is 13.2. The number of hydrogen-bond donors (Lipinski definition) is 3. The van der Waals surface area contributed by atoms with Crippen molar-refractivity contribution in [1.82, 2.24) is 15.5 Å². The van der Waals surface area contributed by atoms with Crippen LogP contribution < -0.4 is 16.0 Å². The molecule has 1 atom stereocenters. The molecule has 1 aromatic rings. The number of ether oxygens (including phenoxy) is 1. The lowest BCUT2D eigenvalue weighted by Crippen LogP contribution is -2.42. The number of amides is 1. The molecule has 1 aromatic carbocycles. The minimum absolute atomic E-state index is 0. The van der Waals surface area contributed by atoms with E-state index >= 15 is 0 Å². The Labute approximate surface area is 211 Å². The zero-order valence-electron chi connectivity index (χ0n) is 20.4. The molecule has 3 N–H and O–H groups in total. The van der Waals surface area contributed by atoms with E-state index in [0.29, 0.717) is 24.4 Å². The fourth-order valence-corrected chi connectivity index (χ4v) is 3.40. The summed E-state index contributed by atoms with van der Waals surface area (Å²) in [6.07, 6.45) is 2.74. The first-order valence-corrected chi connectivity index (χ1v) is 11.4. The minimum Gasteiger partial charge on any atom is -0.379 e. The maximum Gasteiger partial charge on any atom is 0.225 e. The summed E-state index contributed by atoms with van der Waals surface area (Å²) in [4.78, 5) is 18.9. The van der Waals surface area contributed by atoms with Crippen LogP contribution in [0.5, 0.6) is 0 Å². The van der Waals surface area contributed by atoms with Crippen LogP contribution in [0.3, 0.4) is 0 Å². The first-order valence-electron chi connectivity index (χ1n) is 11.4. The molecule has 182 valence electrons. The molecule has 1 fully saturated rings. The van der Waals surface area contributed by atoms with Crippen LogP contribution >= 0.6 is 24.0 Å². The lowest BCUT2D eigenvalue weighted by atomic mass is 9.89. The van der Waals surface area contributed by atoms with Gasteiger partial charge >= 0.3 is 0 Å². The summed E-state index contributed by atoms with van der Waals surface area (Å²) in [7, 11) is 1.79. The number of benzene rings is 1. The molecule has 0 saturated carbocycles. The van der Waals surface area contributed by atoms with Crippen molar-refractivity contribution in [3.8, 4) is 0 Å². The van der Waals surface area contributed by atoms with Gasteiger partial charge in [-0.1, -0.05) is 32.9 Å². The van der Waals surface area contributed by atoms with Gasteiger partial charge in [0.1, 0.15) is 0 Å². The molecular weight excluding hydrogens is 517 g/mol. The maximum absolute atomic E-state index is 12.3. The average molecular weight is 560 g/mol. The number of halogens is 1. The molecule has 0 spiro atoms. The molecule has 1 amide bonds. The zero-order chi connectivity index (χ0) is 22.7. The van der Waals surface area contributed by atoms with Crippen molar-refractivity contribution in [2.24, 2.45) is 10.4 Å². The lowest BCUT2D eigenvalue weighted by molar-refractivity contribution is -0.116. The highest BCUT2D eigenvalue weighted by Gasteiger charge is 2.14. The van der Waals surface area contributed by atoms with Crippen molar-refractivity contribution in [2.45, 2.75) is 59.5 Å². The van der Waals surface area contributed by atoms with E-state index in [1.54, 1.807) is 7.05 Å². The second-order valence-electron chi connectivity index (χ2n) is 9.52. The molecule has 1 aliphatic heterocycles. The monoisotopic (exact) mass is 559 g/mol. The van der Waals surface area contributed by atoms with Crippen LogP contribution in [0.4, 0.5) is 5.69 Å². The highest BCUT2D eigenvalue weighted by molar-refractivity contribution is 14.0. The van der Waals surface area contributed by atoms with Crippen LogP contribution in [-0.4, -0.2) is 62.7 Å². The first kappa shape index (κ1) is 28.6. The van der Waals surface area contributed by atoms with E-state index in [4.69, 9.17) is 4.74 Å². The molecule has 2 rings (SSSR count). The number of carbonyl (C=O) groups is 1. The number of aliphatic imine (C=N–C) groups is 1. The van der Waals surface area contributed by atoms with Gasteiger partial charge < -0.3 is 20.7 Å². The van der Waals surface area contributed by atoms with Gasteiger partial charge in [0, 0.05) is 51.4 Å². The molecule has 7 nitrogen and oxygen atoms in total. The molecule has 0 aromatic heterocycles. The summed E-state index contributed by atoms with van der Waals surface area (Å²) in [5, 5.41) is 9.85. The summed E-state index contributed by atoms with van der Waals surface area (Å²) in [6.45, 7) is 13.7. The molecular formula is C24H42IN5O2. The lowest BCUT2D eigenvalue weighted by Gasteiger charge is -2.26. The summed E-state index contributed by atoms with van der Waals surface area (Å²) >= 11 is 0. The largest absolute Gasteiger partial charge is 0.379 e. The number of morpholine rings is 1. The Hall–Kier alpha value is -1.39. The van der Waals surface area contributed by atoms with Gasteiger partial charge in [0.05, 0.1) is 13.2 Å². The fraction of sp³-hybridized carbons (Fsp3) is 0.667. The van der Waals surface area contributed by atoms with Gasteiger partial charge in [-0.15, -0.1) is 24.0 Å². The van der Waals surface area contributed by atoms with Gasteiger partial charge in [-0.05, 0) is 42.9 Å². The highest BCUT2D eigenvalue weighted by Crippen LogP contribution is 2.21. The van der Waals surface area contributed by atoms with Crippen LogP contribution in [0.1, 0.15) is 52.5 Å². The van der Waals surface area contributed by atoms with Gasteiger partial charge in [-0.25, -0.2) is 0 Å². The predicted octanol–water partition coefficient (Wildman–Crippen LogP) is 3.85. The topological polar surface area (TPSA) is 78.0 Å². The van der Waals surface area contributed by atoms with Crippen LogP contribution in [0.25, 0.3) is 0 Å². The van der Waals surface area contributed by atoms with Crippen molar-refractivity contribution >= 4 is 41.5 Å². The van der Waals surface area contributed by atoms with Gasteiger partial charge in [0.15, 0.2) is 5.96 Å². The number of anilines is 1. The van der Waals surface area contributed by atoms with Gasteiger partial charge in [-0.2, -0.15) is 0 Å². The third-order valence-electron chi connectivity index (χ3n) is 5.36. The maximum atomic E-state index is 12.3. The van der Waals surface area contributed by atoms with E-state index in [2.05, 4.69) is 53.5 Å². The summed E-state index contributed by atoms with van der Waals surface area (Å²) in [5.74, 6) is 0.836. The third kappa shape index (κ3) is 12.0. The Morgan fingerprint density at radius 2 is 1.97 bits per heavy atom. The Morgan fingerprint density at radius 3 is 2.62 bits per heavy atom. The van der Waals surface area contributed by atoms with E-state index in [1.807, 2.05) is 24.3 Å². The molecule has 0 aliphatic carbocycles. The summed E-state index contributed by atoms with van der Waals surface area (Å²) in [6, 6.07) is 8.31. The van der Waals surface area contributed by atoms with Crippen molar-refractivity contribution in [3.05, 3.63) is 29.8 Å². The zero-order valence-corrected chi connectivity index (χ0v) is 22.7. The molecule has 0 radical (unpaired) electrons. The van der Waals surface area contributed by atoms with Crippen molar-refractivity contribution in [2.75, 3.05) is 45.2 Å². The third-order valence-corrected chi connectivity index (χ3v) is 5.36. The van der Waals surface area contributed by atoms with Gasteiger partial charge in [-0.3, -0.25) is 14.7 Å².